The van der Waals surface area contributed by atoms with Crippen molar-refractivity contribution in [3.63, 3.8) is 0 Å². The summed E-state index contributed by atoms with van der Waals surface area (Å²) in [6.45, 7) is 3.45. The summed E-state index contributed by atoms with van der Waals surface area (Å²) in [5.41, 5.74) is 8.98. The Balaban J connectivity index is 1.83. The highest BCUT2D eigenvalue weighted by Gasteiger charge is 2.33. The minimum Gasteiger partial charge on any atom is -0.328 e. The average molecular weight is 265 g/mol. The Labute approximate surface area is 114 Å². The summed E-state index contributed by atoms with van der Waals surface area (Å²) >= 11 is 6.07. The summed E-state index contributed by atoms with van der Waals surface area (Å²) in [5, 5.41) is 0.864. The zero-order valence-electron chi connectivity index (χ0n) is 10.9. The Morgan fingerprint density at radius 2 is 2.17 bits per heavy atom. The summed E-state index contributed by atoms with van der Waals surface area (Å²) in [4.78, 5) is 2.64. The number of hydrogen-bond acceptors (Lipinski definition) is 2. The van der Waals surface area contributed by atoms with Crippen LogP contribution in [0.3, 0.4) is 0 Å². The van der Waals surface area contributed by atoms with Gasteiger partial charge in [0.1, 0.15) is 0 Å². The third-order valence-electron chi connectivity index (χ3n) is 4.52. The molecule has 1 heterocycles. The molecule has 18 heavy (non-hydrogen) atoms. The van der Waals surface area contributed by atoms with Gasteiger partial charge in [-0.1, -0.05) is 17.7 Å². The molecular weight excluding hydrogens is 244 g/mol. The van der Waals surface area contributed by atoms with Crippen molar-refractivity contribution in [3.05, 3.63) is 34.3 Å². The lowest BCUT2D eigenvalue weighted by Crippen LogP contribution is -2.46. The molecule has 1 saturated heterocycles. The highest BCUT2D eigenvalue weighted by atomic mass is 35.5. The number of fused-ring (bicyclic) bond motifs is 1. The lowest BCUT2D eigenvalue weighted by atomic mass is 9.95. The number of aryl methyl sites for hydroxylation is 1. The van der Waals surface area contributed by atoms with Crippen LogP contribution in [0, 0.1) is 0 Å². The fourth-order valence-electron chi connectivity index (χ4n) is 3.60. The van der Waals surface area contributed by atoms with Crippen molar-refractivity contribution in [2.75, 3.05) is 6.54 Å². The first-order chi connectivity index (χ1) is 8.65. The second-order valence-electron chi connectivity index (χ2n) is 5.77. The summed E-state index contributed by atoms with van der Waals surface area (Å²) in [7, 11) is 0. The SMILES string of the molecule is CC1CC(N)CCN1C1CCc2cc(Cl)ccc21. The second-order valence-corrected chi connectivity index (χ2v) is 6.21. The van der Waals surface area contributed by atoms with Crippen LogP contribution in [0.15, 0.2) is 18.2 Å². The van der Waals surface area contributed by atoms with Gasteiger partial charge in [-0.15, -0.1) is 0 Å². The number of rotatable bonds is 1. The average Bonchev–Trinajstić information content (AvgIpc) is 2.72. The summed E-state index contributed by atoms with van der Waals surface area (Å²) in [6, 6.07) is 7.95. The Hall–Kier alpha value is -0.570. The highest BCUT2D eigenvalue weighted by molar-refractivity contribution is 6.30. The fourth-order valence-corrected chi connectivity index (χ4v) is 3.79. The molecule has 0 radical (unpaired) electrons. The highest BCUT2D eigenvalue weighted by Crippen LogP contribution is 2.39. The van der Waals surface area contributed by atoms with Gasteiger partial charge in [0.05, 0.1) is 0 Å². The lowest BCUT2D eigenvalue weighted by molar-refractivity contribution is 0.0958. The first-order valence-corrected chi connectivity index (χ1v) is 7.32. The van der Waals surface area contributed by atoms with Gasteiger partial charge in [0.25, 0.3) is 0 Å². The number of benzene rings is 1. The first kappa shape index (κ1) is 12.5. The predicted molar refractivity (Wildman–Crippen MR) is 75.9 cm³/mol. The van der Waals surface area contributed by atoms with E-state index >= 15 is 0 Å². The minimum absolute atomic E-state index is 0.391. The molecule has 0 saturated carbocycles. The largest absolute Gasteiger partial charge is 0.328 e. The van der Waals surface area contributed by atoms with Crippen molar-refractivity contribution in [2.45, 2.75) is 50.7 Å². The van der Waals surface area contributed by atoms with E-state index in [1.807, 2.05) is 6.07 Å². The van der Waals surface area contributed by atoms with E-state index in [0.717, 1.165) is 30.8 Å². The fraction of sp³-hybridized carbons (Fsp3) is 0.600. The zero-order valence-corrected chi connectivity index (χ0v) is 11.7. The third kappa shape index (κ3) is 2.18. The number of nitrogens with two attached hydrogens (primary N) is 1. The van der Waals surface area contributed by atoms with Crippen LogP contribution in [-0.4, -0.2) is 23.5 Å². The Bertz CT molecular complexity index is 446. The van der Waals surface area contributed by atoms with E-state index in [1.165, 1.54) is 17.5 Å². The van der Waals surface area contributed by atoms with E-state index in [0.29, 0.717) is 18.1 Å². The topological polar surface area (TPSA) is 29.3 Å². The number of likely N-dealkylation sites (tertiary alicyclic amines) is 1. The molecule has 1 aliphatic heterocycles. The number of hydrogen-bond donors (Lipinski definition) is 1. The molecule has 3 rings (SSSR count). The number of nitrogens with zero attached hydrogens (tertiary/aromatic N) is 1. The van der Waals surface area contributed by atoms with Gasteiger partial charge in [0.15, 0.2) is 0 Å². The summed E-state index contributed by atoms with van der Waals surface area (Å²) in [5.74, 6) is 0. The van der Waals surface area contributed by atoms with Crippen LogP contribution in [0.4, 0.5) is 0 Å². The van der Waals surface area contributed by atoms with Crippen LogP contribution in [0.25, 0.3) is 0 Å². The standard InChI is InChI=1S/C15H21ClN2/c1-10-8-13(17)6-7-18(10)15-5-2-11-9-12(16)3-4-14(11)15/h3-4,9-10,13,15H,2,5-8,17H2,1H3. The van der Waals surface area contributed by atoms with Crippen LogP contribution >= 0.6 is 11.6 Å². The molecule has 3 heteroatoms. The maximum atomic E-state index is 6.07. The van der Waals surface area contributed by atoms with Gasteiger partial charge >= 0.3 is 0 Å². The molecular formula is C15H21ClN2. The first-order valence-electron chi connectivity index (χ1n) is 6.95. The van der Waals surface area contributed by atoms with Gasteiger partial charge in [-0.3, -0.25) is 4.90 Å². The molecule has 2 aliphatic rings. The van der Waals surface area contributed by atoms with Crippen LogP contribution in [0.2, 0.25) is 5.02 Å². The second kappa shape index (κ2) is 4.84. The van der Waals surface area contributed by atoms with Gasteiger partial charge in [-0.05, 0) is 55.9 Å². The molecule has 1 aromatic rings. The van der Waals surface area contributed by atoms with Crippen molar-refractivity contribution in [1.29, 1.82) is 0 Å². The smallest absolute Gasteiger partial charge is 0.0408 e. The van der Waals surface area contributed by atoms with Gasteiger partial charge in [-0.25, -0.2) is 0 Å². The van der Waals surface area contributed by atoms with E-state index in [2.05, 4.69) is 24.0 Å². The quantitative estimate of drug-likeness (QED) is 0.844. The molecule has 0 aromatic heterocycles. The van der Waals surface area contributed by atoms with Crippen molar-refractivity contribution in [3.8, 4) is 0 Å². The van der Waals surface area contributed by atoms with Gasteiger partial charge < -0.3 is 5.73 Å². The molecule has 98 valence electrons. The zero-order chi connectivity index (χ0) is 12.7. The van der Waals surface area contributed by atoms with Crippen molar-refractivity contribution in [1.82, 2.24) is 4.90 Å². The summed E-state index contributed by atoms with van der Waals surface area (Å²) in [6.07, 6.45) is 4.65. The van der Waals surface area contributed by atoms with E-state index in [1.54, 1.807) is 0 Å². The molecule has 3 atom stereocenters. The lowest BCUT2D eigenvalue weighted by Gasteiger charge is -2.40. The van der Waals surface area contributed by atoms with E-state index in [-0.39, 0.29) is 0 Å². The molecule has 2 N–H and O–H groups in total. The molecule has 0 spiro atoms. The Kier molecular flexibility index (Phi) is 3.35. The monoisotopic (exact) mass is 264 g/mol. The van der Waals surface area contributed by atoms with E-state index < -0.39 is 0 Å². The number of piperidine rings is 1. The van der Waals surface area contributed by atoms with Crippen LogP contribution in [0.1, 0.15) is 43.4 Å². The molecule has 1 aromatic carbocycles. The molecule has 3 unspecified atom stereocenters. The van der Waals surface area contributed by atoms with Gasteiger partial charge in [-0.2, -0.15) is 0 Å². The van der Waals surface area contributed by atoms with Gasteiger partial charge in [0.2, 0.25) is 0 Å². The predicted octanol–water partition coefficient (Wildman–Crippen LogP) is 3.14. The Morgan fingerprint density at radius 1 is 1.33 bits per heavy atom. The summed E-state index contributed by atoms with van der Waals surface area (Å²) < 4.78 is 0. The molecule has 1 aliphatic carbocycles. The molecule has 0 amide bonds. The molecule has 2 nitrogen and oxygen atoms in total. The van der Waals surface area contributed by atoms with E-state index in [4.69, 9.17) is 17.3 Å². The number of halogens is 1. The maximum absolute atomic E-state index is 6.07. The normalized spacial score (nSPS) is 32.5. The molecule has 1 fully saturated rings. The van der Waals surface area contributed by atoms with Crippen LogP contribution < -0.4 is 5.73 Å². The minimum atomic E-state index is 0.391. The van der Waals surface area contributed by atoms with Crippen molar-refractivity contribution in [2.24, 2.45) is 5.73 Å². The molecule has 0 bridgehead atoms. The van der Waals surface area contributed by atoms with Gasteiger partial charge in [0, 0.05) is 29.7 Å². The van der Waals surface area contributed by atoms with Crippen molar-refractivity contribution >= 4 is 11.6 Å². The van der Waals surface area contributed by atoms with Crippen molar-refractivity contribution < 1.29 is 0 Å². The Morgan fingerprint density at radius 3 is 2.94 bits per heavy atom. The maximum Gasteiger partial charge on any atom is 0.0408 e. The third-order valence-corrected chi connectivity index (χ3v) is 4.75. The van der Waals surface area contributed by atoms with E-state index in [9.17, 15) is 0 Å². The van der Waals surface area contributed by atoms with Crippen LogP contribution in [0.5, 0.6) is 0 Å². The van der Waals surface area contributed by atoms with Crippen LogP contribution in [-0.2, 0) is 6.42 Å².